The first-order valence-electron chi connectivity index (χ1n) is 7.79. The first kappa shape index (κ1) is 15.4. The van der Waals surface area contributed by atoms with Gasteiger partial charge in [0, 0.05) is 12.2 Å². The van der Waals surface area contributed by atoms with Crippen molar-refractivity contribution in [2.24, 2.45) is 0 Å². The molecule has 1 heterocycles. The van der Waals surface area contributed by atoms with Crippen LogP contribution in [0.4, 0.5) is 10.5 Å². The van der Waals surface area contributed by atoms with Gasteiger partial charge in [-0.05, 0) is 55.9 Å². The molecule has 1 saturated heterocycles. The summed E-state index contributed by atoms with van der Waals surface area (Å²) < 4.78 is 10.9. The summed E-state index contributed by atoms with van der Waals surface area (Å²) >= 11 is 0. The quantitative estimate of drug-likeness (QED) is 0.888. The fraction of sp³-hybridized carbons (Fsp3) is 0.278. The van der Waals surface area contributed by atoms with Gasteiger partial charge in [0.25, 0.3) is 0 Å². The summed E-state index contributed by atoms with van der Waals surface area (Å²) in [5.41, 5.74) is 0.698. The number of likely N-dealkylation sites (tertiary alicyclic amines) is 1. The molecular weight excluding hydrogens is 292 g/mol. The maximum Gasteiger partial charge on any atom is 0.417 e. The number of rotatable bonds is 6. The summed E-state index contributed by atoms with van der Waals surface area (Å²) in [6.07, 6.45) is 0.777. The Balaban J connectivity index is 1.44. The number of carbonyl (C=O) groups excluding carboxylic acids is 1. The smallest absolute Gasteiger partial charge is 0.417 e. The van der Waals surface area contributed by atoms with Crippen LogP contribution in [-0.2, 0) is 0 Å². The molecule has 2 aromatic carbocycles. The largest absolute Gasteiger partial charge is 0.492 e. The first-order valence-corrected chi connectivity index (χ1v) is 7.79. The van der Waals surface area contributed by atoms with Gasteiger partial charge >= 0.3 is 6.09 Å². The molecule has 1 amide bonds. The van der Waals surface area contributed by atoms with Crippen molar-refractivity contribution < 1.29 is 14.3 Å². The lowest BCUT2D eigenvalue weighted by atomic mass is 10.2. The van der Waals surface area contributed by atoms with Gasteiger partial charge in [0.05, 0.1) is 0 Å². The maximum absolute atomic E-state index is 11.8. The standard InChI is InChI=1S/C18H20N2O3/c21-18(19-15-5-2-1-3-6-15)23-17-9-7-16(8-10-17)22-14-13-20-11-4-12-20/h1-3,5-10H,4,11-14H2,(H,19,21). The van der Waals surface area contributed by atoms with E-state index in [-0.39, 0.29) is 0 Å². The SMILES string of the molecule is O=C(Nc1ccccc1)Oc1ccc(OCCN2CCC2)cc1. The highest BCUT2D eigenvalue weighted by Crippen LogP contribution is 2.18. The molecule has 0 spiro atoms. The number of hydrogen-bond donors (Lipinski definition) is 1. The zero-order valence-corrected chi connectivity index (χ0v) is 12.9. The lowest BCUT2D eigenvalue weighted by Crippen LogP contribution is -2.39. The molecule has 1 fully saturated rings. The van der Waals surface area contributed by atoms with E-state index >= 15 is 0 Å². The molecule has 1 aliphatic rings. The Hall–Kier alpha value is -2.53. The molecule has 120 valence electrons. The van der Waals surface area contributed by atoms with Gasteiger partial charge in [-0.1, -0.05) is 18.2 Å². The van der Waals surface area contributed by atoms with Crippen LogP contribution in [0.15, 0.2) is 54.6 Å². The highest BCUT2D eigenvalue weighted by molar-refractivity contribution is 5.86. The fourth-order valence-corrected chi connectivity index (χ4v) is 2.27. The van der Waals surface area contributed by atoms with E-state index in [4.69, 9.17) is 9.47 Å². The predicted octanol–water partition coefficient (Wildman–Crippen LogP) is 3.38. The minimum atomic E-state index is -0.511. The number of anilines is 1. The second-order valence-electron chi connectivity index (χ2n) is 5.40. The molecule has 23 heavy (non-hydrogen) atoms. The van der Waals surface area contributed by atoms with Crippen LogP contribution < -0.4 is 14.8 Å². The lowest BCUT2D eigenvalue weighted by molar-refractivity contribution is 0.147. The van der Waals surface area contributed by atoms with Crippen LogP contribution in [-0.4, -0.2) is 37.2 Å². The normalized spacial score (nSPS) is 13.9. The molecular formula is C18H20N2O3. The van der Waals surface area contributed by atoms with E-state index in [0.29, 0.717) is 18.0 Å². The van der Waals surface area contributed by atoms with Crippen LogP contribution in [0.5, 0.6) is 11.5 Å². The average molecular weight is 312 g/mol. The maximum atomic E-state index is 11.8. The third-order valence-electron chi connectivity index (χ3n) is 3.68. The number of carbonyl (C=O) groups is 1. The Bertz CT molecular complexity index is 624. The van der Waals surface area contributed by atoms with E-state index in [1.54, 1.807) is 36.4 Å². The van der Waals surface area contributed by atoms with Crippen LogP contribution in [0.1, 0.15) is 6.42 Å². The topological polar surface area (TPSA) is 50.8 Å². The minimum Gasteiger partial charge on any atom is -0.492 e. The van der Waals surface area contributed by atoms with E-state index < -0.39 is 6.09 Å². The van der Waals surface area contributed by atoms with Crippen LogP contribution in [0.25, 0.3) is 0 Å². The Morgan fingerprint density at radius 2 is 1.70 bits per heavy atom. The average Bonchev–Trinajstić information content (AvgIpc) is 2.52. The van der Waals surface area contributed by atoms with Gasteiger partial charge in [-0.3, -0.25) is 10.2 Å². The van der Waals surface area contributed by atoms with E-state index in [0.717, 1.165) is 12.3 Å². The Morgan fingerprint density at radius 3 is 2.35 bits per heavy atom. The molecule has 0 aromatic heterocycles. The van der Waals surface area contributed by atoms with E-state index in [1.165, 1.54) is 19.5 Å². The van der Waals surface area contributed by atoms with Crippen molar-refractivity contribution in [3.05, 3.63) is 54.6 Å². The Morgan fingerprint density at radius 1 is 1.00 bits per heavy atom. The van der Waals surface area contributed by atoms with E-state index in [2.05, 4.69) is 10.2 Å². The van der Waals surface area contributed by atoms with E-state index in [9.17, 15) is 4.79 Å². The molecule has 1 N–H and O–H groups in total. The van der Waals surface area contributed by atoms with Crippen LogP contribution in [0.2, 0.25) is 0 Å². The van der Waals surface area contributed by atoms with Gasteiger partial charge in [-0.15, -0.1) is 0 Å². The van der Waals surface area contributed by atoms with Crippen molar-refractivity contribution in [2.75, 3.05) is 31.6 Å². The van der Waals surface area contributed by atoms with Crippen molar-refractivity contribution in [1.82, 2.24) is 4.90 Å². The van der Waals surface area contributed by atoms with Crippen molar-refractivity contribution in [2.45, 2.75) is 6.42 Å². The molecule has 2 aromatic rings. The molecule has 0 radical (unpaired) electrons. The van der Waals surface area contributed by atoms with Crippen LogP contribution >= 0.6 is 0 Å². The zero-order chi connectivity index (χ0) is 15.9. The molecule has 0 bridgehead atoms. The highest BCUT2D eigenvalue weighted by Gasteiger charge is 2.12. The third-order valence-corrected chi connectivity index (χ3v) is 3.68. The highest BCUT2D eigenvalue weighted by atomic mass is 16.6. The number of nitrogens with zero attached hydrogens (tertiary/aromatic N) is 1. The number of hydrogen-bond acceptors (Lipinski definition) is 4. The predicted molar refractivity (Wildman–Crippen MR) is 89.1 cm³/mol. The van der Waals surface area contributed by atoms with Crippen molar-refractivity contribution in [3.63, 3.8) is 0 Å². The second kappa shape index (κ2) is 7.65. The van der Waals surface area contributed by atoms with E-state index in [1.807, 2.05) is 18.2 Å². The van der Waals surface area contributed by atoms with Crippen molar-refractivity contribution >= 4 is 11.8 Å². The summed E-state index contributed by atoms with van der Waals surface area (Å²) in [7, 11) is 0. The molecule has 0 aliphatic carbocycles. The molecule has 5 nitrogen and oxygen atoms in total. The monoisotopic (exact) mass is 312 g/mol. The summed E-state index contributed by atoms with van der Waals surface area (Å²) in [6, 6.07) is 16.3. The number of amides is 1. The van der Waals surface area contributed by atoms with Crippen LogP contribution in [0, 0.1) is 0 Å². The summed E-state index contributed by atoms with van der Waals surface area (Å²) in [6.45, 7) is 3.98. The Labute approximate surface area is 135 Å². The van der Waals surface area contributed by atoms with Gasteiger partial charge in [0.2, 0.25) is 0 Å². The summed E-state index contributed by atoms with van der Waals surface area (Å²) in [4.78, 5) is 14.1. The van der Waals surface area contributed by atoms with Gasteiger partial charge in [-0.25, -0.2) is 4.79 Å². The molecule has 0 unspecified atom stereocenters. The van der Waals surface area contributed by atoms with Gasteiger partial charge < -0.3 is 9.47 Å². The van der Waals surface area contributed by atoms with Gasteiger partial charge in [-0.2, -0.15) is 0 Å². The van der Waals surface area contributed by atoms with Crippen LogP contribution in [0.3, 0.4) is 0 Å². The summed E-state index contributed by atoms with van der Waals surface area (Å²) in [5, 5.41) is 2.67. The molecule has 5 heteroatoms. The third kappa shape index (κ3) is 4.72. The van der Waals surface area contributed by atoms with Crippen molar-refractivity contribution in [1.29, 1.82) is 0 Å². The fourth-order valence-electron chi connectivity index (χ4n) is 2.27. The van der Waals surface area contributed by atoms with Crippen molar-refractivity contribution in [3.8, 4) is 11.5 Å². The molecule has 3 rings (SSSR count). The summed E-state index contributed by atoms with van der Waals surface area (Å²) in [5.74, 6) is 1.26. The number of ether oxygens (including phenoxy) is 2. The number of nitrogens with one attached hydrogen (secondary N) is 1. The second-order valence-corrected chi connectivity index (χ2v) is 5.40. The minimum absolute atomic E-state index is 0.480. The van der Waals surface area contributed by atoms with Gasteiger partial charge in [0.1, 0.15) is 18.1 Å². The molecule has 1 aliphatic heterocycles. The number of para-hydroxylation sites is 1. The Kier molecular flexibility index (Phi) is 5.11. The first-order chi connectivity index (χ1) is 11.3. The number of benzene rings is 2. The molecule has 0 saturated carbocycles. The van der Waals surface area contributed by atoms with Gasteiger partial charge in [0.15, 0.2) is 0 Å². The molecule has 0 atom stereocenters. The zero-order valence-electron chi connectivity index (χ0n) is 12.9. The lowest BCUT2D eigenvalue weighted by Gasteiger charge is -2.30.